The van der Waals surface area contributed by atoms with Crippen LogP contribution in [-0.4, -0.2) is 24.6 Å². The molecule has 3 N–H and O–H groups in total. The van der Waals surface area contributed by atoms with Crippen LogP contribution in [0.3, 0.4) is 0 Å². The third kappa shape index (κ3) is 5.45. The molecule has 1 aliphatic carbocycles. The van der Waals surface area contributed by atoms with Gasteiger partial charge in [0.25, 0.3) is 5.56 Å². The first kappa shape index (κ1) is 23.9. The lowest BCUT2D eigenvalue weighted by atomic mass is 9.87. The van der Waals surface area contributed by atoms with Gasteiger partial charge in [-0.3, -0.25) is 9.78 Å². The lowest BCUT2D eigenvalue weighted by Gasteiger charge is -2.33. The van der Waals surface area contributed by atoms with Gasteiger partial charge >= 0.3 is 5.69 Å². The molecule has 2 aromatic carbocycles. The highest BCUT2D eigenvalue weighted by Gasteiger charge is 2.43. The van der Waals surface area contributed by atoms with E-state index in [4.69, 9.17) is 9.88 Å². The molecule has 1 saturated carbocycles. The Hall–Kier alpha value is -3.24. The maximum Gasteiger partial charge on any atom is 0.328 e. The number of aromatic nitrogens is 2. The number of aryl methyl sites for hydroxylation is 1. The lowest BCUT2D eigenvalue weighted by Crippen LogP contribution is -2.44. The number of sulfonamides is 1. The van der Waals surface area contributed by atoms with Crippen LogP contribution in [0.5, 0.6) is 5.75 Å². The predicted molar refractivity (Wildman–Crippen MR) is 125 cm³/mol. The molecule has 1 fully saturated rings. The number of ether oxygens (including phenoxy) is 1. The summed E-state index contributed by atoms with van der Waals surface area (Å²) in [6.07, 6.45) is 3.41. The summed E-state index contributed by atoms with van der Waals surface area (Å²) >= 11 is 0. The summed E-state index contributed by atoms with van der Waals surface area (Å²) in [7, 11) is -4.25. The zero-order valence-electron chi connectivity index (χ0n) is 18.4. The number of H-pyrrole nitrogens is 1. The normalized spacial score (nSPS) is 15.6. The summed E-state index contributed by atoms with van der Waals surface area (Å²) in [5.74, 6) is 0.593. The van der Waals surface area contributed by atoms with Crippen molar-refractivity contribution in [1.82, 2.24) is 9.55 Å². The van der Waals surface area contributed by atoms with E-state index < -0.39 is 31.8 Å². The van der Waals surface area contributed by atoms with E-state index in [0.717, 1.165) is 12.8 Å². The predicted octanol–water partition coefficient (Wildman–Crippen LogP) is 2.28. The number of rotatable bonds is 10. The minimum absolute atomic E-state index is 0.0274. The van der Waals surface area contributed by atoms with Crippen molar-refractivity contribution in [2.75, 3.05) is 6.61 Å². The van der Waals surface area contributed by atoms with Crippen molar-refractivity contribution in [2.24, 2.45) is 11.1 Å². The zero-order chi connectivity index (χ0) is 24.3. The summed E-state index contributed by atoms with van der Waals surface area (Å²) in [5, 5.41) is 5.85. The quantitative estimate of drug-likeness (QED) is 0.454. The van der Waals surface area contributed by atoms with Crippen LogP contribution in [0.15, 0.2) is 70.4 Å². The van der Waals surface area contributed by atoms with E-state index in [9.17, 15) is 22.4 Å². The molecule has 0 saturated heterocycles. The second-order valence-corrected chi connectivity index (χ2v) is 10.5. The van der Waals surface area contributed by atoms with Gasteiger partial charge in [0.05, 0.1) is 6.61 Å². The summed E-state index contributed by atoms with van der Waals surface area (Å²) in [4.78, 5) is 25.8. The van der Waals surface area contributed by atoms with Crippen molar-refractivity contribution in [3.63, 3.8) is 0 Å². The van der Waals surface area contributed by atoms with Gasteiger partial charge in [-0.2, -0.15) is 0 Å². The summed E-state index contributed by atoms with van der Waals surface area (Å²) in [6, 6.07) is 13.5. The average molecular weight is 488 g/mol. The average Bonchev–Trinajstić information content (AvgIpc) is 3.61. The van der Waals surface area contributed by atoms with E-state index in [0.29, 0.717) is 29.4 Å². The van der Waals surface area contributed by atoms with Crippen molar-refractivity contribution in [3.05, 3.63) is 98.6 Å². The van der Waals surface area contributed by atoms with Gasteiger partial charge in [-0.1, -0.05) is 24.3 Å². The van der Waals surface area contributed by atoms with Gasteiger partial charge in [-0.05, 0) is 67.0 Å². The molecule has 0 spiro atoms. The molecular weight excluding hydrogens is 461 g/mol. The lowest BCUT2D eigenvalue weighted by molar-refractivity contribution is 0.299. The third-order valence-electron chi connectivity index (χ3n) is 6.14. The number of halogens is 1. The van der Waals surface area contributed by atoms with E-state index in [1.54, 1.807) is 24.3 Å². The molecule has 10 heteroatoms. The van der Waals surface area contributed by atoms with Crippen LogP contribution >= 0.6 is 0 Å². The van der Waals surface area contributed by atoms with Crippen LogP contribution in [0.25, 0.3) is 0 Å². The number of primary sulfonamides is 1. The molecule has 3 aromatic rings. The Morgan fingerprint density at radius 3 is 2.50 bits per heavy atom. The fraction of sp³-hybridized carbons (Fsp3) is 0.333. The van der Waals surface area contributed by atoms with Gasteiger partial charge in [0.1, 0.15) is 16.3 Å². The van der Waals surface area contributed by atoms with Crippen molar-refractivity contribution >= 4 is 10.0 Å². The fourth-order valence-electron chi connectivity index (χ4n) is 3.96. The largest absolute Gasteiger partial charge is 0.493 e. The van der Waals surface area contributed by atoms with Gasteiger partial charge in [-0.15, -0.1) is 0 Å². The van der Waals surface area contributed by atoms with Crippen LogP contribution in [0, 0.1) is 11.7 Å². The van der Waals surface area contributed by atoms with Gasteiger partial charge in [-0.25, -0.2) is 22.7 Å². The standard InChI is InChI=1S/C24H26FN3O5S/c25-20-8-6-17(7-9-20)15-24(34(26,31)32,11-13-28-12-10-22(29)27-23(28)30)19-2-1-3-21(14-19)33-16-18-4-5-18/h1-3,6-10,12,14,18H,4-5,11,13,15-16H2,(H2,26,31,32)(H,27,29,30). The number of nitrogens with one attached hydrogen (secondary N) is 1. The number of hydrogen-bond donors (Lipinski definition) is 2. The van der Waals surface area contributed by atoms with E-state index in [-0.39, 0.29) is 19.4 Å². The summed E-state index contributed by atoms with van der Waals surface area (Å²) < 4.78 is 45.3. The van der Waals surface area contributed by atoms with E-state index in [2.05, 4.69) is 4.98 Å². The highest BCUT2D eigenvalue weighted by molar-refractivity contribution is 7.90. The summed E-state index contributed by atoms with van der Waals surface area (Å²) in [5.41, 5.74) is -0.233. The molecule has 1 aliphatic rings. The molecule has 0 bridgehead atoms. The first-order valence-corrected chi connectivity index (χ1v) is 12.5. The number of hydrogen-bond acceptors (Lipinski definition) is 5. The van der Waals surface area contributed by atoms with Crippen LogP contribution in [0.1, 0.15) is 30.4 Å². The minimum atomic E-state index is -4.25. The molecular formula is C24H26FN3O5S. The van der Waals surface area contributed by atoms with Gasteiger partial charge < -0.3 is 9.30 Å². The van der Waals surface area contributed by atoms with Crippen molar-refractivity contribution in [3.8, 4) is 5.75 Å². The minimum Gasteiger partial charge on any atom is -0.493 e. The van der Waals surface area contributed by atoms with Gasteiger partial charge in [0.15, 0.2) is 0 Å². The second-order valence-electron chi connectivity index (χ2n) is 8.68. The molecule has 180 valence electrons. The summed E-state index contributed by atoms with van der Waals surface area (Å²) in [6.45, 7) is 0.525. The number of aromatic amines is 1. The first-order chi connectivity index (χ1) is 16.2. The Labute approximate surface area is 196 Å². The molecule has 1 atom stereocenters. The Morgan fingerprint density at radius 1 is 1.12 bits per heavy atom. The second kappa shape index (κ2) is 9.55. The van der Waals surface area contributed by atoms with Gasteiger partial charge in [0, 0.05) is 18.8 Å². The van der Waals surface area contributed by atoms with E-state index in [1.807, 2.05) is 0 Å². The Kier molecular flexibility index (Phi) is 6.72. The van der Waals surface area contributed by atoms with Crippen molar-refractivity contribution in [1.29, 1.82) is 0 Å². The van der Waals surface area contributed by atoms with Crippen LogP contribution < -0.4 is 21.1 Å². The Balaban J connectivity index is 1.76. The number of benzene rings is 2. The molecule has 1 heterocycles. The molecule has 0 radical (unpaired) electrons. The molecule has 1 aromatic heterocycles. The first-order valence-electron chi connectivity index (χ1n) is 11.0. The molecule has 4 rings (SSSR count). The molecule has 1 unspecified atom stereocenters. The maximum absolute atomic E-state index is 13.5. The topological polar surface area (TPSA) is 124 Å². The highest BCUT2D eigenvalue weighted by Crippen LogP contribution is 2.39. The monoisotopic (exact) mass is 487 g/mol. The van der Waals surface area contributed by atoms with Crippen molar-refractivity contribution < 1.29 is 17.5 Å². The van der Waals surface area contributed by atoms with Crippen LogP contribution in [-0.2, 0) is 27.7 Å². The maximum atomic E-state index is 13.5. The van der Waals surface area contributed by atoms with Crippen LogP contribution in [0.2, 0.25) is 0 Å². The molecule has 0 aliphatic heterocycles. The van der Waals surface area contributed by atoms with E-state index in [1.165, 1.54) is 41.1 Å². The number of nitrogens with zero attached hydrogens (tertiary/aromatic N) is 1. The van der Waals surface area contributed by atoms with Crippen LogP contribution in [0.4, 0.5) is 4.39 Å². The third-order valence-corrected chi connectivity index (χ3v) is 7.82. The SMILES string of the molecule is NS(=O)(=O)C(CCn1ccc(=O)[nH]c1=O)(Cc1ccc(F)cc1)c1cccc(OCC2CC2)c1. The van der Waals surface area contributed by atoms with E-state index >= 15 is 0 Å². The Morgan fingerprint density at radius 2 is 1.85 bits per heavy atom. The van der Waals surface area contributed by atoms with Gasteiger partial charge in [0.2, 0.25) is 10.0 Å². The zero-order valence-corrected chi connectivity index (χ0v) is 19.3. The highest BCUT2D eigenvalue weighted by atomic mass is 32.2. The number of nitrogens with two attached hydrogens (primary N) is 1. The molecule has 34 heavy (non-hydrogen) atoms. The Bertz CT molecular complexity index is 1380. The van der Waals surface area contributed by atoms with Crippen molar-refractivity contribution in [2.45, 2.75) is 37.0 Å². The molecule has 8 nitrogen and oxygen atoms in total. The fourth-order valence-corrected chi connectivity index (χ4v) is 5.16. The molecule has 0 amide bonds. The smallest absolute Gasteiger partial charge is 0.328 e.